The second kappa shape index (κ2) is 3.27. The average molecular weight is 190 g/mol. The Morgan fingerprint density at radius 3 is 2.62 bits per heavy atom. The molecule has 1 saturated heterocycles. The van der Waals surface area contributed by atoms with Crippen molar-refractivity contribution in [1.29, 1.82) is 0 Å². The Hall–Kier alpha value is -1.21. The summed E-state index contributed by atoms with van der Waals surface area (Å²) in [5, 5.41) is 30.7. The molecular formula is C6H10N2O5. The number of hydrogen-bond acceptors (Lipinski definition) is 5. The van der Waals surface area contributed by atoms with Crippen molar-refractivity contribution in [3.05, 3.63) is 4.91 Å². The third kappa shape index (κ3) is 1.61. The van der Waals surface area contributed by atoms with Crippen LogP contribution in [-0.4, -0.2) is 51.1 Å². The normalized spacial score (nSPS) is 34.3. The van der Waals surface area contributed by atoms with E-state index >= 15 is 0 Å². The van der Waals surface area contributed by atoms with Gasteiger partial charge in [0.05, 0.1) is 11.8 Å². The second-order valence-corrected chi connectivity index (χ2v) is 2.99. The molecule has 7 heteroatoms. The Balaban J connectivity index is 2.72. The van der Waals surface area contributed by atoms with Crippen LogP contribution in [0.3, 0.4) is 0 Å². The molecule has 0 radical (unpaired) electrons. The first-order chi connectivity index (χ1) is 6.00. The van der Waals surface area contributed by atoms with E-state index < -0.39 is 17.7 Å². The molecule has 0 spiro atoms. The highest BCUT2D eigenvalue weighted by molar-refractivity contribution is 5.78. The molecule has 1 aliphatic heterocycles. The molecule has 1 aliphatic rings. The number of nitroso groups, excluding NO2 is 1. The highest BCUT2D eigenvalue weighted by atomic mass is 16.4. The first-order valence-electron chi connectivity index (χ1n) is 3.73. The van der Waals surface area contributed by atoms with E-state index in [1.54, 1.807) is 0 Å². The standard InChI is InChI=1S/C6H10N2O5/c9-4-3-8(7-13)2-1-6(4,12)5(10)11/h4,9,12H,1-3H2,(H,10,11). The van der Waals surface area contributed by atoms with E-state index in [9.17, 15) is 19.9 Å². The van der Waals surface area contributed by atoms with E-state index in [0.29, 0.717) is 0 Å². The number of β-amino-alcohol motifs (C(OH)–C–C–N with tert-alkyl or cyclic N) is 1. The fourth-order valence-corrected chi connectivity index (χ4v) is 1.23. The number of aliphatic hydroxyl groups excluding tert-OH is 1. The van der Waals surface area contributed by atoms with Crippen LogP contribution in [-0.2, 0) is 4.79 Å². The minimum atomic E-state index is -2.15. The van der Waals surface area contributed by atoms with Gasteiger partial charge in [-0.15, -0.1) is 4.91 Å². The monoisotopic (exact) mass is 190 g/mol. The summed E-state index contributed by atoms with van der Waals surface area (Å²) in [6, 6.07) is 0. The number of piperidine rings is 1. The van der Waals surface area contributed by atoms with Crippen LogP contribution < -0.4 is 0 Å². The minimum Gasteiger partial charge on any atom is -0.479 e. The van der Waals surface area contributed by atoms with Crippen molar-refractivity contribution in [3.63, 3.8) is 0 Å². The molecule has 2 unspecified atom stereocenters. The Bertz CT molecular complexity index is 233. The number of rotatable bonds is 2. The van der Waals surface area contributed by atoms with Crippen molar-refractivity contribution in [2.75, 3.05) is 13.1 Å². The first-order valence-corrected chi connectivity index (χ1v) is 3.73. The lowest BCUT2D eigenvalue weighted by Crippen LogP contribution is -2.58. The Morgan fingerprint density at radius 1 is 1.62 bits per heavy atom. The zero-order valence-electron chi connectivity index (χ0n) is 6.75. The maximum atomic E-state index is 10.5. The summed E-state index contributed by atoms with van der Waals surface area (Å²) < 4.78 is 0. The summed E-state index contributed by atoms with van der Waals surface area (Å²) in [6.45, 7) is -0.227. The summed E-state index contributed by atoms with van der Waals surface area (Å²) in [6.07, 6.45) is -1.70. The molecule has 0 bridgehead atoms. The topological polar surface area (TPSA) is 110 Å². The lowest BCUT2D eigenvalue weighted by Gasteiger charge is -2.36. The van der Waals surface area contributed by atoms with Crippen LogP contribution in [0.2, 0.25) is 0 Å². The largest absolute Gasteiger partial charge is 0.479 e. The van der Waals surface area contributed by atoms with Crippen LogP contribution in [0.15, 0.2) is 5.29 Å². The summed E-state index contributed by atoms with van der Waals surface area (Å²) >= 11 is 0. The van der Waals surface area contributed by atoms with Crippen LogP contribution in [0.25, 0.3) is 0 Å². The SMILES string of the molecule is O=NN1CCC(O)(C(=O)O)C(O)C1. The van der Waals surface area contributed by atoms with Gasteiger partial charge >= 0.3 is 5.97 Å². The molecule has 1 rings (SSSR count). The van der Waals surface area contributed by atoms with Gasteiger partial charge in [0.2, 0.25) is 0 Å². The van der Waals surface area contributed by atoms with Gasteiger partial charge in [-0.2, -0.15) is 0 Å². The van der Waals surface area contributed by atoms with Crippen LogP contribution in [0.4, 0.5) is 0 Å². The average Bonchev–Trinajstić information content (AvgIpc) is 2.09. The molecule has 0 amide bonds. The lowest BCUT2D eigenvalue weighted by atomic mass is 9.89. The van der Waals surface area contributed by atoms with Gasteiger partial charge in [-0.25, -0.2) is 4.79 Å². The molecule has 74 valence electrons. The van der Waals surface area contributed by atoms with Gasteiger partial charge in [0, 0.05) is 13.0 Å². The molecule has 0 saturated carbocycles. The van der Waals surface area contributed by atoms with Gasteiger partial charge in [-0.1, -0.05) is 0 Å². The molecular weight excluding hydrogens is 180 g/mol. The zero-order valence-corrected chi connectivity index (χ0v) is 6.75. The maximum absolute atomic E-state index is 10.5. The van der Waals surface area contributed by atoms with Gasteiger partial charge in [0.1, 0.15) is 6.10 Å². The van der Waals surface area contributed by atoms with Crippen LogP contribution in [0.5, 0.6) is 0 Å². The number of aliphatic carboxylic acids is 1. The summed E-state index contributed by atoms with van der Waals surface area (Å²) in [7, 11) is 0. The van der Waals surface area contributed by atoms with E-state index in [2.05, 4.69) is 5.29 Å². The fraction of sp³-hybridized carbons (Fsp3) is 0.833. The number of carboxylic acid groups (broad SMARTS) is 1. The van der Waals surface area contributed by atoms with Gasteiger partial charge in [0.25, 0.3) is 0 Å². The highest BCUT2D eigenvalue weighted by Gasteiger charge is 2.47. The van der Waals surface area contributed by atoms with Gasteiger partial charge in [-0.3, -0.25) is 5.01 Å². The molecule has 1 heterocycles. The van der Waals surface area contributed by atoms with Crippen molar-refractivity contribution in [3.8, 4) is 0 Å². The predicted octanol–water partition coefficient (Wildman–Crippen LogP) is -1.45. The Morgan fingerprint density at radius 2 is 2.23 bits per heavy atom. The van der Waals surface area contributed by atoms with Gasteiger partial charge < -0.3 is 15.3 Å². The quantitative estimate of drug-likeness (QED) is 0.459. The van der Waals surface area contributed by atoms with Crippen molar-refractivity contribution >= 4 is 5.97 Å². The zero-order chi connectivity index (χ0) is 10.1. The van der Waals surface area contributed by atoms with E-state index in [1.165, 1.54) is 0 Å². The van der Waals surface area contributed by atoms with Crippen LogP contribution in [0.1, 0.15) is 6.42 Å². The molecule has 2 atom stereocenters. The predicted molar refractivity (Wildman–Crippen MR) is 40.6 cm³/mol. The van der Waals surface area contributed by atoms with Crippen molar-refractivity contribution in [2.45, 2.75) is 18.1 Å². The molecule has 0 aromatic carbocycles. The molecule has 0 aromatic heterocycles. The van der Waals surface area contributed by atoms with Crippen LogP contribution in [0, 0.1) is 4.91 Å². The summed E-state index contributed by atoms with van der Waals surface area (Å²) in [4.78, 5) is 20.6. The maximum Gasteiger partial charge on any atom is 0.338 e. The minimum absolute atomic E-state index is 0.0311. The third-order valence-electron chi connectivity index (χ3n) is 2.17. The van der Waals surface area contributed by atoms with E-state index in [1.807, 2.05) is 0 Å². The third-order valence-corrected chi connectivity index (χ3v) is 2.17. The molecule has 0 aromatic rings. The Labute approximate surface area is 73.5 Å². The molecule has 0 aliphatic carbocycles. The molecule has 13 heavy (non-hydrogen) atoms. The van der Waals surface area contributed by atoms with E-state index in [4.69, 9.17) is 5.11 Å². The second-order valence-electron chi connectivity index (χ2n) is 2.99. The van der Waals surface area contributed by atoms with Gasteiger partial charge in [-0.05, 0) is 0 Å². The first kappa shape index (κ1) is 9.87. The summed E-state index contributed by atoms with van der Waals surface area (Å²) in [5.41, 5.74) is -2.15. The highest BCUT2D eigenvalue weighted by Crippen LogP contribution is 2.22. The van der Waals surface area contributed by atoms with Crippen molar-refractivity contribution < 1.29 is 20.1 Å². The number of hydrogen-bond donors (Lipinski definition) is 3. The van der Waals surface area contributed by atoms with Crippen molar-refractivity contribution in [1.82, 2.24) is 5.01 Å². The van der Waals surface area contributed by atoms with Crippen LogP contribution >= 0.6 is 0 Å². The fourth-order valence-electron chi connectivity index (χ4n) is 1.23. The Kier molecular flexibility index (Phi) is 2.48. The summed E-state index contributed by atoms with van der Waals surface area (Å²) in [5.74, 6) is -1.48. The van der Waals surface area contributed by atoms with E-state index in [0.717, 1.165) is 5.01 Å². The molecule has 7 nitrogen and oxygen atoms in total. The lowest BCUT2D eigenvalue weighted by molar-refractivity contribution is -0.181. The number of aliphatic hydroxyl groups is 2. The number of carboxylic acids is 1. The molecule has 3 N–H and O–H groups in total. The molecule has 1 fully saturated rings. The number of carbonyl (C=O) groups is 1. The van der Waals surface area contributed by atoms with Crippen molar-refractivity contribution in [2.24, 2.45) is 5.29 Å². The number of nitrogens with zero attached hydrogens (tertiary/aromatic N) is 2. The van der Waals surface area contributed by atoms with E-state index in [-0.39, 0.29) is 19.5 Å². The van der Waals surface area contributed by atoms with Gasteiger partial charge in [0.15, 0.2) is 5.60 Å². The smallest absolute Gasteiger partial charge is 0.338 e.